The SMILES string of the molecule is OCCc1ccc2c(c1)CNCC2. The highest BCUT2D eigenvalue weighted by Gasteiger charge is 2.07. The fraction of sp³-hybridized carbons (Fsp3) is 0.455. The summed E-state index contributed by atoms with van der Waals surface area (Å²) in [6.07, 6.45) is 1.90. The van der Waals surface area contributed by atoms with Gasteiger partial charge in [0.1, 0.15) is 0 Å². The molecular weight excluding hydrogens is 162 g/mol. The quantitative estimate of drug-likeness (QED) is 0.702. The Hall–Kier alpha value is -0.860. The molecule has 1 aromatic carbocycles. The van der Waals surface area contributed by atoms with Gasteiger partial charge in [0.25, 0.3) is 0 Å². The van der Waals surface area contributed by atoms with Crippen molar-refractivity contribution < 1.29 is 5.11 Å². The van der Waals surface area contributed by atoms with Gasteiger partial charge < -0.3 is 10.4 Å². The van der Waals surface area contributed by atoms with Crippen LogP contribution in [0, 0.1) is 0 Å². The number of nitrogens with one attached hydrogen (secondary N) is 1. The first kappa shape index (κ1) is 8.73. The molecule has 2 heteroatoms. The van der Waals surface area contributed by atoms with Crippen LogP contribution >= 0.6 is 0 Å². The Bertz CT molecular complexity index is 296. The molecule has 0 amide bonds. The third kappa shape index (κ3) is 1.90. The lowest BCUT2D eigenvalue weighted by atomic mass is 9.98. The lowest BCUT2D eigenvalue weighted by Crippen LogP contribution is -2.23. The largest absolute Gasteiger partial charge is 0.396 e. The van der Waals surface area contributed by atoms with Crippen molar-refractivity contribution in [2.75, 3.05) is 13.2 Å². The smallest absolute Gasteiger partial charge is 0.0471 e. The Balaban J connectivity index is 2.24. The fourth-order valence-electron chi connectivity index (χ4n) is 1.82. The minimum atomic E-state index is 0.242. The van der Waals surface area contributed by atoms with Gasteiger partial charge in [0, 0.05) is 13.2 Å². The van der Waals surface area contributed by atoms with Crippen LogP contribution in [0.5, 0.6) is 0 Å². The highest BCUT2D eigenvalue weighted by atomic mass is 16.2. The van der Waals surface area contributed by atoms with Gasteiger partial charge in [-0.25, -0.2) is 0 Å². The summed E-state index contributed by atoms with van der Waals surface area (Å²) in [7, 11) is 0. The Kier molecular flexibility index (Phi) is 2.62. The Morgan fingerprint density at radius 1 is 1.31 bits per heavy atom. The van der Waals surface area contributed by atoms with E-state index in [2.05, 4.69) is 23.5 Å². The average molecular weight is 177 g/mol. The van der Waals surface area contributed by atoms with Crippen molar-refractivity contribution in [1.29, 1.82) is 0 Å². The first-order valence-electron chi connectivity index (χ1n) is 4.82. The van der Waals surface area contributed by atoms with Crippen molar-refractivity contribution in [3.8, 4) is 0 Å². The van der Waals surface area contributed by atoms with Crippen LogP contribution in [-0.4, -0.2) is 18.3 Å². The molecule has 0 aliphatic carbocycles. The normalized spacial score (nSPS) is 15.5. The molecule has 1 aliphatic heterocycles. The predicted molar refractivity (Wildman–Crippen MR) is 52.6 cm³/mol. The minimum absolute atomic E-state index is 0.242. The van der Waals surface area contributed by atoms with E-state index in [9.17, 15) is 0 Å². The Labute approximate surface area is 78.6 Å². The van der Waals surface area contributed by atoms with Crippen molar-refractivity contribution >= 4 is 0 Å². The molecule has 2 rings (SSSR count). The zero-order chi connectivity index (χ0) is 9.10. The van der Waals surface area contributed by atoms with Crippen LogP contribution in [0.15, 0.2) is 18.2 Å². The summed E-state index contributed by atoms with van der Waals surface area (Å²) >= 11 is 0. The van der Waals surface area contributed by atoms with Gasteiger partial charge in [0.05, 0.1) is 0 Å². The Morgan fingerprint density at radius 2 is 2.23 bits per heavy atom. The van der Waals surface area contributed by atoms with Gasteiger partial charge >= 0.3 is 0 Å². The maximum absolute atomic E-state index is 8.81. The van der Waals surface area contributed by atoms with Crippen LogP contribution in [0.2, 0.25) is 0 Å². The molecular formula is C11H15NO. The van der Waals surface area contributed by atoms with Gasteiger partial charge in [-0.15, -0.1) is 0 Å². The first-order chi connectivity index (χ1) is 6.40. The van der Waals surface area contributed by atoms with E-state index in [-0.39, 0.29) is 6.61 Å². The van der Waals surface area contributed by atoms with Crippen molar-refractivity contribution in [3.05, 3.63) is 34.9 Å². The number of aliphatic hydroxyl groups is 1. The molecule has 1 aromatic rings. The molecule has 0 atom stereocenters. The molecule has 1 aliphatic rings. The second-order valence-corrected chi connectivity index (χ2v) is 3.50. The predicted octanol–water partition coefficient (Wildman–Crippen LogP) is 0.867. The molecule has 0 fully saturated rings. The van der Waals surface area contributed by atoms with Crippen molar-refractivity contribution in [2.24, 2.45) is 0 Å². The number of fused-ring (bicyclic) bond motifs is 1. The first-order valence-corrected chi connectivity index (χ1v) is 4.82. The maximum Gasteiger partial charge on any atom is 0.0471 e. The molecule has 0 bridgehead atoms. The molecule has 1 heterocycles. The molecule has 0 radical (unpaired) electrons. The highest BCUT2D eigenvalue weighted by molar-refractivity contribution is 5.33. The van der Waals surface area contributed by atoms with Gasteiger partial charge in [-0.05, 0) is 36.1 Å². The maximum atomic E-state index is 8.81. The van der Waals surface area contributed by atoms with E-state index in [4.69, 9.17) is 5.11 Å². The third-order valence-corrected chi connectivity index (χ3v) is 2.56. The summed E-state index contributed by atoms with van der Waals surface area (Å²) in [5.74, 6) is 0. The van der Waals surface area contributed by atoms with E-state index < -0.39 is 0 Å². The van der Waals surface area contributed by atoms with Crippen molar-refractivity contribution in [3.63, 3.8) is 0 Å². The number of hydrogen-bond donors (Lipinski definition) is 2. The van der Waals surface area contributed by atoms with E-state index in [0.717, 1.165) is 25.9 Å². The lowest BCUT2D eigenvalue weighted by Gasteiger charge is -2.17. The molecule has 0 saturated carbocycles. The summed E-state index contributed by atoms with van der Waals surface area (Å²) in [6.45, 7) is 2.31. The second kappa shape index (κ2) is 3.90. The average Bonchev–Trinajstić information content (AvgIpc) is 2.18. The highest BCUT2D eigenvalue weighted by Crippen LogP contribution is 2.15. The molecule has 0 saturated heterocycles. The van der Waals surface area contributed by atoms with E-state index in [1.54, 1.807) is 0 Å². The van der Waals surface area contributed by atoms with Gasteiger partial charge in [-0.3, -0.25) is 0 Å². The number of aliphatic hydroxyl groups excluding tert-OH is 1. The van der Waals surface area contributed by atoms with Crippen molar-refractivity contribution in [1.82, 2.24) is 5.32 Å². The van der Waals surface area contributed by atoms with E-state index >= 15 is 0 Å². The summed E-state index contributed by atoms with van der Waals surface area (Å²) in [5.41, 5.74) is 4.10. The monoisotopic (exact) mass is 177 g/mol. The van der Waals surface area contributed by atoms with Gasteiger partial charge in [-0.2, -0.15) is 0 Å². The van der Waals surface area contributed by atoms with Crippen LogP contribution < -0.4 is 5.32 Å². The second-order valence-electron chi connectivity index (χ2n) is 3.50. The van der Waals surface area contributed by atoms with Gasteiger partial charge in [0.15, 0.2) is 0 Å². The van der Waals surface area contributed by atoms with E-state index in [1.165, 1.54) is 16.7 Å². The Morgan fingerprint density at radius 3 is 3.08 bits per heavy atom. The molecule has 13 heavy (non-hydrogen) atoms. The number of hydrogen-bond acceptors (Lipinski definition) is 2. The molecule has 0 spiro atoms. The number of rotatable bonds is 2. The minimum Gasteiger partial charge on any atom is -0.396 e. The molecule has 2 N–H and O–H groups in total. The number of benzene rings is 1. The van der Waals surface area contributed by atoms with Crippen LogP contribution in [0.1, 0.15) is 16.7 Å². The van der Waals surface area contributed by atoms with Crippen LogP contribution in [0.25, 0.3) is 0 Å². The van der Waals surface area contributed by atoms with Gasteiger partial charge in [-0.1, -0.05) is 18.2 Å². The standard InChI is InChI=1S/C11H15NO/c13-6-4-9-1-2-10-3-5-12-8-11(10)7-9/h1-2,7,12-13H,3-6,8H2. The molecule has 2 nitrogen and oxygen atoms in total. The van der Waals surface area contributed by atoms with Gasteiger partial charge in [0.2, 0.25) is 0 Å². The molecule has 0 aromatic heterocycles. The zero-order valence-electron chi connectivity index (χ0n) is 7.71. The topological polar surface area (TPSA) is 32.3 Å². The molecule has 70 valence electrons. The van der Waals surface area contributed by atoms with Crippen molar-refractivity contribution in [2.45, 2.75) is 19.4 Å². The summed E-state index contributed by atoms with van der Waals surface area (Å²) in [5, 5.41) is 12.2. The van der Waals surface area contributed by atoms with E-state index in [0.29, 0.717) is 0 Å². The lowest BCUT2D eigenvalue weighted by molar-refractivity contribution is 0.299. The zero-order valence-corrected chi connectivity index (χ0v) is 7.71. The summed E-state index contributed by atoms with van der Waals surface area (Å²) < 4.78 is 0. The van der Waals surface area contributed by atoms with E-state index in [1.807, 2.05) is 0 Å². The summed E-state index contributed by atoms with van der Waals surface area (Å²) in [6, 6.07) is 6.53. The summed E-state index contributed by atoms with van der Waals surface area (Å²) in [4.78, 5) is 0. The van der Waals surface area contributed by atoms with Crippen LogP contribution in [-0.2, 0) is 19.4 Å². The van der Waals surface area contributed by atoms with Crippen LogP contribution in [0.3, 0.4) is 0 Å². The fourth-order valence-corrected chi connectivity index (χ4v) is 1.82. The third-order valence-electron chi connectivity index (χ3n) is 2.56. The molecule has 0 unspecified atom stereocenters. The van der Waals surface area contributed by atoms with Crippen LogP contribution in [0.4, 0.5) is 0 Å².